The van der Waals surface area contributed by atoms with Gasteiger partial charge in [-0.1, -0.05) is 0 Å². The molecule has 1 aromatic carbocycles. The average molecular weight is 728 g/mol. The highest BCUT2D eigenvalue weighted by Gasteiger charge is 2.38. The molecule has 0 atom stereocenters. The van der Waals surface area contributed by atoms with E-state index in [-0.39, 0.29) is 42.1 Å². The predicted molar refractivity (Wildman–Crippen MR) is 187 cm³/mol. The van der Waals surface area contributed by atoms with E-state index in [9.17, 15) is 31.1 Å². The van der Waals surface area contributed by atoms with Crippen LogP contribution in [0.3, 0.4) is 0 Å². The molecule has 3 fully saturated rings. The number of aryl methyl sites for hydroxylation is 1. The van der Waals surface area contributed by atoms with Crippen molar-refractivity contribution in [3.8, 4) is 0 Å². The first-order valence-corrected chi connectivity index (χ1v) is 17.9. The minimum absolute atomic E-state index is 0.0407. The van der Waals surface area contributed by atoms with Crippen molar-refractivity contribution in [1.29, 1.82) is 0 Å². The van der Waals surface area contributed by atoms with Gasteiger partial charge in [-0.05, 0) is 120 Å². The smallest absolute Gasteiger partial charge is 0.356 e. The first-order valence-electron chi connectivity index (χ1n) is 17.9. The molecular weight excluding hydrogens is 684 g/mol. The topological polar surface area (TPSA) is 79.2 Å². The van der Waals surface area contributed by atoms with Crippen LogP contribution in [0.4, 0.5) is 43.7 Å². The molecule has 0 aliphatic heterocycles. The summed E-state index contributed by atoms with van der Waals surface area (Å²) in [5, 5.41) is 8.48. The second-order valence-electron chi connectivity index (χ2n) is 15.7. The second kappa shape index (κ2) is 13.2. The molecule has 0 saturated heterocycles. The maximum atomic E-state index is 13.9. The first kappa shape index (κ1) is 36.0. The monoisotopic (exact) mass is 727 g/mol. The number of benzene rings is 1. The fraction of sp³-hybridized carbons (Fsp3) is 0.526. The highest BCUT2D eigenvalue weighted by Crippen LogP contribution is 2.40. The Labute approximate surface area is 298 Å². The third-order valence-corrected chi connectivity index (χ3v) is 9.85. The molecule has 278 valence electrons. The zero-order valence-electron chi connectivity index (χ0n) is 29.7. The minimum Gasteiger partial charge on any atom is -0.356 e. The molecule has 4 aromatic rings. The number of carbonyl (C=O) groups excluding carboxylic acids is 1. The summed E-state index contributed by atoms with van der Waals surface area (Å²) in [6.45, 7) is 9.44. The molecule has 3 aliphatic carbocycles. The number of carbonyl (C=O) groups is 1. The summed E-state index contributed by atoms with van der Waals surface area (Å²) in [5.41, 5.74) is -0.607. The third kappa shape index (κ3) is 8.31. The van der Waals surface area contributed by atoms with Crippen molar-refractivity contribution in [3.63, 3.8) is 0 Å². The van der Waals surface area contributed by atoms with Gasteiger partial charge in [-0.3, -0.25) is 4.79 Å². The van der Waals surface area contributed by atoms with E-state index in [1.54, 1.807) is 17.0 Å². The van der Waals surface area contributed by atoms with Crippen molar-refractivity contribution in [2.45, 2.75) is 97.2 Å². The molecular formula is C38H43F6N7O. The Balaban J connectivity index is 1.33. The van der Waals surface area contributed by atoms with Crippen LogP contribution in [0.2, 0.25) is 0 Å². The minimum atomic E-state index is -4.99. The number of anilines is 3. The van der Waals surface area contributed by atoms with Gasteiger partial charge >= 0.3 is 12.4 Å². The number of amides is 1. The molecule has 0 radical (unpaired) electrons. The van der Waals surface area contributed by atoms with Crippen LogP contribution in [0.1, 0.15) is 87.2 Å². The number of halogens is 6. The Kier molecular flexibility index (Phi) is 9.17. The number of aromatic nitrogens is 4. The first-order chi connectivity index (χ1) is 24.4. The van der Waals surface area contributed by atoms with Crippen LogP contribution in [0.5, 0.6) is 0 Å². The molecule has 3 aliphatic rings. The highest BCUT2D eigenvalue weighted by atomic mass is 19.4. The van der Waals surface area contributed by atoms with Crippen LogP contribution in [0.15, 0.2) is 42.6 Å². The molecule has 1 N–H and O–H groups in total. The van der Waals surface area contributed by atoms with E-state index in [0.29, 0.717) is 29.0 Å². The summed E-state index contributed by atoms with van der Waals surface area (Å²) in [7, 11) is 0. The van der Waals surface area contributed by atoms with Crippen molar-refractivity contribution < 1.29 is 31.1 Å². The molecule has 0 bridgehead atoms. The number of hydrogen-bond acceptors (Lipinski definition) is 6. The molecule has 3 saturated carbocycles. The molecule has 1 amide bonds. The maximum Gasteiger partial charge on any atom is 0.416 e. The van der Waals surface area contributed by atoms with Crippen LogP contribution < -0.4 is 15.1 Å². The number of alkyl halides is 6. The summed E-state index contributed by atoms with van der Waals surface area (Å²) >= 11 is 0. The lowest BCUT2D eigenvalue weighted by molar-refractivity contribution is -0.143. The SMILES string of the molecule is Cc1nn(C(C)(C)C)c2nc(N(CC3CC3)CC3CC3)c(CN(Cc3cc(C(F)(F)F)cc(C(F)(F)F)c3)c3ccc(NC(=O)C4CC4)cn3)cc12. The maximum absolute atomic E-state index is 13.9. The Morgan fingerprint density at radius 2 is 1.46 bits per heavy atom. The third-order valence-electron chi connectivity index (χ3n) is 9.85. The molecule has 7 rings (SSSR count). The Morgan fingerprint density at radius 3 is 1.96 bits per heavy atom. The number of nitrogens with zero attached hydrogens (tertiary/aromatic N) is 6. The van der Waals surface area contributed by atoms with Crippen LogP contribution in [0, 0.1) is 24.7 Å². The number of fused-ring (bicyclic) bond motifs is 1. The van der Waals surface area contributed by atoms with E-state index in [1.165, 1.54) is 6.20 Å². The van der Waals surface area contributed by atoms with Gasteiger partial charge in [0, 0.05) is 43.0 Å². The van der Waals surface area contributed by atoms with Crippen LogP contribution in [0.25, 0.3) is 11.0 Å². The zero-order valence-corrected chi connectivity index (χ0v) is 29.7. The Bertz CT molecular complexity index is 1910. The number of nitrogens with one attached hydrogen (secondary N) is 1. The van der Waals surface area contributed by atoms with E-state index < -0.39 is 23.5 Å². The van der Waals surface area contributed by atoms with Gasteiger partial charge in [0.2, 0.25) is 5.91 Å². The van der Waals surface area contributed by atoms with Gasteiger partial charge in [0.1, 0.15) is 11.6 Å². The summed E-state index contributed by atoms with van der Waals surface area (Å²) in [5.74, 6) is 1.95. The van der Waals surface area contributed by atoms with Gasteiger partial charge in [-0.2, -0.15) is 31.4 Å². The summed E-state index contributed by atoms with van der Waals surface area (Å²) in [6, 6.07) is 6.95. The van der Waals surface area contributed by atoms with Crippen molar-refractivity contribution in [3.05, 3.63) is 70.5 Å². The lowest BCUT2D eigenvalue weighted by atomic mass is 10.0. The molecule has 0 unspecified atom stereocenters. The fourth-order valence-corrected chi connectivity index (χ4v) is 6.54. The molecule has 3 heterocycles. The molecule has 3 aromatic heterocycles. The van der Waals surface area contributed by atoms with Crippen molar-refractivity contribution in [2.75, 3.05) is 28.2 Å². The van der Waals surface area contributed by atoms with E-state index in [2.05, 4.69) is 36.0 Å². The van der Waals surface area contributed by atoms with E-state index in [1.807, 2.05) is 17.7 Å². The highest BCUT2D eigenvalue weighted by molar-refractivity contribution is 5.94. The number of pyridine rings is 2. The van der Waals surface area contributed by atoms with Crippen LogP contribution >= 0.6 is 0 Å². The van der Waals surface area contributed by atoms with E-state index in [4.69, 9.17) is 10.1 Å². The fourth-order valence-electron chi connectivity index (χ4n) is 6.54. The van der Waals surface area contributed by atoms with E-state index in [0.717, 1.165) is 86.2 Å². The standard InChI is InChI=1S/C38H43F6N7O/c1-22-31-15-27(33(47-34(31)51(48-22)36(2,3)4)50(18-23-5-6-23)19-24-7-8-24)21-49(32-12-11-30(17-45-32)46-35(52)26-9-10-26)20-25-13-28(37(39,40)41)16-29(14-25)38(42,43)44/h11-17,23-24,26H,5-10,18-21H2,1-4H3,(H,46,52). The molecule has 8 nitrogen and oxygen atoms in total. The second-order valence-corrected chi connectivity index (χ2v) is 15.7. The predicted octanol–water partition coefficient (Wildman–Crippen LogP) is 9.11. The van der Waals surface area contributed by atoms with Crippen LogP contribution in [-0.4, -0.2) is 38.7 Å². The van der Waals surface area contributed by atoms with Gasteiger partial charge in [0.25, 0.3) is 0 Å². The zero-order chi connectivity index (χ0) is 37.2. The van der Waals surface area contributed by atoms with Crippen molar-refractivity contribution >= 4 is 34.3 Å². The van der Waals surface area contributed by atoms with Gasteiger partial charge in [-0.25, -0.2) is 14.6 Å². The Morgan fingerprint density at radius 1 is 0.846 bits per heavy atom. The summed E-state index contributed by atoms with van der Waals surface area (Å²) in [6.07, 6.45) is -2.40. The van der Waals surface area contributed by atoms with Crippen LogP contribution in [-0.2, 0) is 35.8 Å². The number of rotatable bonds is 12. The van der Waals surface area contributed by atoms with Gasteiger partial charge in [0.05, 0.1) is 34.2 Å². The molecule has 14 heteroatoms. The average Bonchev–Trinajstić information content (AvgIpc) is 3.91. The van der Waals surface area contributed by atoms with Crippen molar-refractivity contribution in [2.24, 2.45) is 17.8 Å². The number of hydrogen-bond donors (Lipinski definition) is 1. The van der Waals surface area contributed by atoms with Gasteiger partial charge in [0.15, 0.2) is 5.65 Å². The molecule has 0 spiro atoms. The lowest BCUT2D eigenvalue weighted by Crippen LogP contribution is -2.32. The molecule has 52 heavy (non-hydrogen) atoms. The Hall–Kier alpha value is -4.36. The largest absolute Gasteiger partial charge is 0.416 e. The summed E-state index contributed by atoms with van der Waals surface area (Å²) in [4.78, 5) is 26.2. The normalized spacial score (nSPS) is 16.7. The van der Waals surface area contributed by atoms with E-state index >= 15 is 0 Å². The summed E-state index contributed by atoms with van der Waals surface area (Å²) < 4.78 is 85.5. The van der Waals surface area contributed by atoms with Gasteiger partial charge in [-0.15, -0.1) is 0 Å². The quantitative estimate of drug-likeness (QED) is 0.147. The van der Waals surface area contributed by atoms with Crippen molar-refractivity contribution in [1.82, 2.24) is 19.7 Å². The van der Waals surface area contributed by atoms with Gasteiger partial charge < -0.3 is 15.1 Å². The lowest BCUT2D eigenvalue weighted by Gasteiger charge is -2.30.